The Morgan fingerprint density at radius 3 is 2.24 bits per heavy atom. The summed E-state index contributed by atoms with van der Waals surface area (Å²) in [6.07, 6.45) is 5.11. The fourth-order valence-corrected chi connectivity index (χ4v) is 7.79. The number of nitrogens with one attached hydrogen (secondary N) is 1. The molecule has 0 unspecified atom stereocenters. The predicted molar refractivity (Wildman–Crippen MR) is 195 cm³/mol. The first kappa shape index (κ1) is 36.2. The number of anilines is 1. The maximum absolute atomic E-state index is 14.7. The summed E-state index contributed by atoms with van der Waals surface area (Å²) >= 11 is 12.6. The average Bonchev–Trinajstić information content (AvgIpc) is 3.11. The second-order valence-electron chi connectivity index (χ2n) is 12.3. The largest absolute Gasteiger partial charge is 0.497 e. The van der Waals surface area contributed by atoms with E-state index in [1.54, 1.807) is 54.6 Å². The molecule has 0 heterocycles. The number of benzene rings is 4. The monoisotopic (exact) mass is 721 g/mol. The number of methoxy groups -OCH3 is 1. The van der Waals surface area contributed by atoms with Gasteiger partial charge >= 0.3 is 0 Å². The molecule has 258 valence electrons. The van der Waals surface area contributed by atoms with E-state index in [0.29, 0.717) is 21.4 Å². The first-order valence-corrected chi connectivity index (χ1v) is 18.6. The van der Waals surface area contributed by atoms with Gasteiger partial charge in [0.1, 0.15) is 18.3 Å². The van der Waals surface area contributed by atoms with Crippen LogP contribution < -0.4 is 14.4 Å². The minimum absolute atomic E-state index is 0.00310. The normalized spacial score (nSPS) is 14.1. The summed E-state index contributed by atoms with van der Waals surface area (Å²) in [6.45, 7) is 1.28. The lowest BCUT2D eigenvalue weighted by molar-refractivity contribution is -0.140. The zero-order valence-corrected chi connectivity index (χ0v) is 30.0. The molecule has 0 spiro atoms. The van der Waals surface area contributed by atoms with E-state index in [1.165, 1.54) is 24.1 Å². The fraction of sp³-hybridized carbons (Fsp3) is 0.316. The number of sulfonamides is 1. The van der Waals surface area contributed by atoms with Crippen LogP contribution in [0.3, 0.4) is 0 Å². The molecule has 1 saturated carbocycles. The lowest BCUT2D eigenvalue weighted by Gasteiger charge is -2.35. The molecule has 0 aliphatic heterocycles. The van der Waals surface area contributed by atoms with Crippen molar-refractivity contribution in [1.82, 2.24) is 10.2 Å². The number of ether oxygens (including phenoxy) is 1. The van der Waals surface area contributed by atoms with Crippen molar-refractivity contribution in [3.63, 3.8) is 0 Å². The molecule has 1 aliphatic carbocycles. The van der Waals surface area contributed by atoms with Crippen molar-refractivity contribution in [2.45, 2.75) is 69.0 Å². The van der Waals surface area contributed by atoms with Gasteiger partial charge < -0.3 is 15.0 Å². The number of carbonyl (C=O) groups is 2. The highest BCUT2D eigenvalue weighted by Crippen LogP contribution is 2.29. The Hall–Kier alpha value is -4.05. The van der Waals surface area contributed by atoms with Gasteiger partial charge in [-0.25, -0.2) is 8.42 Å². The highest BCUT2D eigenvalue weighted by atomic mass is 35.5. The van der Waals surface area contributed by atoms with Gasteiger partial charge in [-0.05, 0) is 67.3 Å². The highest BCUT2D eigenvalue weighted by Gasteiger charge is 2.35. The van der Waals surface area contributed by atoms with Gasteiger partial charge in [-0.3, -0.25) is 13.9 Å². The first-order chi connectivity index (χ1) is 23.5. The van der Waals surface area contributed by atoms with Gasteiger partial charge in [0.2, 0.25) is 11.8 Å². The molecule has 1 atom stereocenters. The summed E-state index contributed by atoms with van der Waals surface area (Å²) in [7, 11) is -2.76. The first-order valence-electron chi connectivity index (χ1n) is 16.4. The Morgan fingerprint density at radius 1 is 0.857 bits per heavy atom. The number of hydrogen-bond donors (Lipinski definition) is 1. The van der Waals surface area contributed by atoms with E-state index in [9.17, 15) is 18.0 Å². The average molecular weight is 723 g/mol. The van der Waals surface area contributed by atoms with Crippen LogP contribution in [0.4, 0.5) is 5.69 Å². The maximum Gasteiger partial charge on any atom is 0.264 e. The Labute approximate surface area is 299 Å². The minimum atomic E-state index is -4.25. The third kappa shape index (κ3) is 9.35. The minimum Gasteiger partial charge on any atom is -0.497 e. The Balaban J connectivity index is 1.58. The van der Waals surface area contributed by atoms with E-state index in [4.69, 9.17) is 27.9 Å². The molecular formula is C38H41Cl2N3O5S. The molecule has 49 heavy (non-hydrogen) atoms. The standard InChI is InChI=1S/C38H41Cl2N3O5S/c1-27-16-19-33(20-17-27)49(46,47)43(31-14-9-15-32(24-31)48-2)26-37(44)42(25-29-18-21-34(39)35(40)22-29)36(23-28-10-5-3-6-11-28)38(45)41-30-12-7-4-8-13-30/h3,5-6,9-11,14-22,24,30,36H,4,7-8,12-13,23,25-26H2,1-2H3,(H,41,45)/t36-/m0/s1. The zero-order valence-electron chi connectivity index (χ0n) is 27.6. The number of carbonyl (C=O) groups excluding carboxylic acids is 2. The van der Waals surface area contributed by atoms with Crippen molar-refractivity contribution < 1.29 is 22.7 Å². The summed E-state index contributed by atoms with van der Waals surface area (Å²) in [5, 5.41) is 3.87. The van der Waals surface area contributed by atoms with E-state index in [0.717, 1.165) is 47.5 Å². The van der Waals surface area contributed by atoms with Crippen molar-refractivity contribution in [2.75, 3.05) is 18.0 Å². The predicted octanol–water partition coefficient (Wildman–Crippen LogP) is 7.59. The number of nitrogens with zero attached hydrogens (tertiary/aromatic N) is 2. The molecule has 4 aromatic carbocycles. The van der Waals surface area contributed by atoms with E-state index in [1.807, 2.05) is 37.3 Å². The molecule has 11 heteroatoms. The molecule has 4 aromatic rings. The number of aryl methyl sites for hydroxylation is 1. The maximum atomic E-state index is 14.7. The van der Waals surface area contributed by atoms with Crippen LogP contribution >= 0.6 is 23.2 Å². The van der Waals surface area contributed by atoms with Crippen molar-refractivity contribution in [2.24, 2.45) is 0 Å². The Kier molecular flexibility index (Phi) is 12.3. The fourth-order valence-electron chi connectivity index (χ4n) is 6.06. The second kappa shape index (κ2) is 16.6. The van der Waals surface area contributed by atoms with Crippen molar-refractivity contribution in [1.29, 1.82) is 0 Å². The van der Waals surface area contributed by atoms with E-state index in [2.05, 4.69) is 5.32 Å². The lowest BCUT2D eigenvalue weighted by atomic mass is 9.94. The summed E-state index contributed by atoms with van der Waals surface area (Å²) in [4.78, 5) is 30.5. The van der Waals surface area contributed by atoms with Gasteiger partial charge in [-0.2, -0.15) is 0 Å². The van der Waals surface area contributed by atoms with E-state index < -0.39 is 28.5 Å². The van der Waals surface area contributed by atoms with Crippen LogP contribution in [0.1, 0.15) is 48.8 Å². The van der Waals surface area contributed by atoms with Gasteiger partial charge in [0.25, 0.3) is 10.0 Å². The summed E-state index contributed by atoms with van der Waals surface area (Å²) in [6, 6.07) is 26.6. The van der Waals surface area contributed by atoms with Crippen molar-refractivity contribution in [3.8, 4) is 5.75 Å². The van der Waals surface area contributed by atoms with Gasteiger partial charge in [0.05, 0.1) is 27.7 Å². The van der Waals surface area contributed by atoms with E-state index in [-0.39, 0.29) is 35.5 Å². The van der Waals surface area contributed by atoms with Crippen LogP contribution in [-0.4, -0.2) is 50.9 Å². The SMILES string of the molecule is COc1cccc(N(CC(=O)N(Cc2ccc(Cl)c(Cl)c2)[C@@H](Cc2ccccc2)C(=O)NC2CCCCC2)S(=O)(=O)c2ccc(C)cc2)c1. The summed E-state index contributed by atoms with van der Waals surface area (Å²) < 4.78 is 35.1. The zero-order chi connectivity index (χ0) is 35.0. The number of hydrogen-bond acceptors (Lipinski definition) is 5. The van der Waals surface area contributed by atoms with Gasteiger partial charge in [0, 0.05) is 25.1 Å². The molecule has 1 fully saturated rings. The lowest BCUT2D eigenvalue weighted by Crippen LogP contribution is -2.55. The van der Waals surface area contributed by atoms with Crippen LogP contribution in [0.2, 0.25) is 10.0 Å². The second-order valence-corrected chi connectivity index (χ2v) is 15.0. The van der Waals surface area contributed by atoms with E-state index >= 15 is 0 Å². The molecule has 2 amide bonds. The molecule has 8 nitrogen and oxygen atoms in total. The topological polar surface area (TPSA) is 96.0 Å². The smallest absolute Gasteiger partial charge is 0.264 e. The molecular weight excluding hydrogens is 681 g/mol. The van der Waals surface area contributed by atoms with Crippen LogP contribution in [0.25, 0.3) is 0 Å². The Morgan fingerprint density at radius 2 is 1.57 bits per heavy atom. The van der Waals surface area contributed by atoms with Crippen LogP contribution in [0.15, 0.2) is 102 Å². The number of rotatable bonds is 13. The van der Waals surface area contributed by atoms with Crippen LogP contribution in [0.5, 0.6) is 5.75 Å². The quantitative estimate of drug-likeness (QED) is 0.154. The van der Waals surface area contributed by atoms with Crippen molar-refractivity contribution in [3.05, 3.63) is 124 Å². The Bertz CT molecular complexity index is 1850. The molecule has 0 aromatic heterocycles. The molecule has 1 aliphatic rings. The van der Waals surface area contributed by atoms with Crippen LogP contribution in [-0.2, 0) is 32.6 Å². The molecule has 5 rings (SSSR count). The molecule has 0 saturated heterocycles. The third-order valence-electron chi connectivity index (χ3n) is 8.79. The van der Waals surface area contributed by atoms with Crippen LogP contribution in [0, 0.1) is 6.92 Å². The molecule has 0 bridgehead atoms. The van der Waals surface area contributed by atoms with Crippen molar-refractivity contribution >= 4 is 50.7 Å². The van der Waals surface area contributed by atoms with Gasteiger partial charge in [-0.15, -0.1) is 0 Å². The number of amides is 2. The summed E-state index contributed by atoms with van der Waals surface area (Å²) in [5.74, 6) is -0.432. The highest BCUT2D eigenvalue weighted by molar-refractivity contribution is 7.92. The third-order valence-corrected chi connectivity index (χ3v) is 11.3. The number of halogens is 2. The molecule has 0 radical (unpaired) electrons. The van der Waals surface area contributed by atoms with Gasteiger partial charge in [-0.1, -0.05) is 103 Å². The van der Waals surface area contributed by atoms with Gasteiger partial charge in [0.15, 0.2) is 0 Å². The molecule has 1 N–H and O–H groups in total. The summed E-state index contributed by atoms with van der Waals surface area (Å²) in [5.41, 5.74) is 2.63.